The van der Waals surface area contributed by atoms with Crippen molar-refractivity contribution in [1.82, 2.24) is 0 Å². The number of furan rings is 1. The van der Waals surface area contributed by atoms with E-state index in [0.29, 0.717) is 0 Å². The van der Waals surface area contributed by atoms with Crippen LogP contribution in [-0.4, -0.2) is 0 Å². The van der Waals surface area contributed by atoms with Crippen LogP contribution in [0, 0.1) is 0 Å². The Morgan fingerprint density at radius 3 is 1.51 bits per heavy atom. The Kier molecular flexibility index (Phi) is 7.75. The predicted octanol–water partition coefficient (Wildman–Crippen LogP) is 14.8. The van der Waals surface area contributed by atoms with Gasteiger partial charge in [-0.3, -0.25) is 0 Å². The van der Waals surface area contributed by atoms with Crippen LogP contribution in [0.25, 0.3) is 55.3 Å². The summed E-state index contributed by atoms with van der Waals surface area (Å²) in [6.45, 7) is 0. The van der Waals surface area contributed by atoms with Crippen molar-refractivity contribution in [3.63, 3.8) is 0 Å². The van der Waals surface area contributed by atoms with E-state index in [2.05, 4.69) is 229 Å². The summed E-state index contributed by atoms with van der Waals surface area (Å²) in [5, 5.41) is 2.23. The molecule has 0 saturated heterocycles. The summed E-state index contributed by atoms with van der Waals surface area (Å²) in [5.41, 5.74) is 16.6. The number of rotatable bonds is 7. The van der Waals surface area contributed by atoms with E-state index in [1.165, 1.54) is 55.6 Å². The summed E-state index contributed by atoms with van der Waals surface area (Å²) in [4.78, 5) is 2.31. The van der Waals surface area contributed by atoms with E-state index in [0.717, 1.165) is 39.0 Å². The molecule has 0 aliphatic heterocycles. The topological polar surface area (TPSA) is 16.4 Å². The van der Waals surface area contributed by atoms with Crippen molar-refractivity contribution in [2.45, 2.75) is 5.41 Å². The summed E-state index contributed by atoms with van der Waals surface area (Å²) in [5.74, 6) is 0. The van der Waals surface area contributed by atoms with Crippen LogP contribution in [-0.2, 0) is 5.41 Å². The van der Waals surface area contributed by atoms with E-state index < -0.39 is 5.41 Å². The molecule has 57 heavy (non-hydrogen) atoms. The van der Waals surface area contributed by atoms with Crippen molar-refractivity contribution in [3.05, 3.63) is 247 Å². The smallest absolute Gasteiger partial charge is 0.137 e. The second-order valence-electron chi connectivity index (χ2n) is 14.8. The van der Waals surface area contributed by atoms with Crippen molar-refractivity contribution < 1.29 is 4.42 Å². The monoisotopic (exact) mass is 727 g/mol. The third-order valence-corrected chi connectivity index (χ3v) is 11.7. The molecule has 9 aromatic carbocycles. The fourth-order valence-electron chi connectivity index (χ4n) is 9.33. The molecule has 0 atom stereocenters. The van der Waals surface area contributed by atoms with Gasteiger partial charge in [-0.1, -0.05) is 176 Å². The molecule has 0 saturated carbocycles. The van der Waals surface area contributed by atoms with Gasteiger partial charge in [-0.15, -0.1) is 0 Å². The minimum Gasteiger partial charge on any atom is -0.456 e. The van der Waals surface area contributed by atoms with Gasteiger partial charge >= 0.3 is 0 Å². The molecule has 2 nitrogen and oxygen atoms in total. The molecule has 10 aromatic rings. The molecule has 1 aliphatic carbocycles. The quantitative estimate of drug-likeness (QED) is 0.163. The number of benzene rings is 9. The number of para-hydroxylation sites is 1. The lowest BCUT2D eigenvalue weighted by Gasteiger charge is -2.34. The summed E-state index contributed by atoms with van der Waals surface area (Å²) in [7, 11) is 0. The second-order valence-corrected chi connectivity index (χ2v) is 14.8. The molecule has 1 heterocycles. The fraction of sp³-hybridized carbons (Fsp3) is 0.0182. The SMILES string of the molecule is c1ccc(-c2ccc(N(c3ccccc3)c3ccc4c(c3)oc3cc5c(c(-c6ccccc6)c34)-c3ccccc3C5(c3ccccc3)c3ccccc3)cc2)cc1. The average molecular weight is 728 g/mol. The largest absolute Gasteiger partial charge is 0.456 e. The van der Waals surface area contributed by atoms with Crippen LogP contribution in [0.4, 0.5) is 17.1 Å². The van der Waals surface area contributed by atoms with Gasteiger partial charge in [-0.25, -0.2) is 0 Å². The van der Waals surface area contributed by atoms with E-state index in [1.807, 2.05) is 0 Å². The molecule has 0 amide bonds. The molecule has 0 radical (unpaired) electrons. The first kappa shape index (κ1) is 33.0. The van der Waals surface area contributed by atoms with Crippen LogP contribution >= 0.6 is 0 Å². The Hall–Kier alpha value is -7.42. The van der Waals surface area contributed by atoms with Crippen LogP contribution in [0.5, 0.6) is 0 Å². The Morgan fingerprint density at radius 1 is 0.351 bits per heavy atom. The van der Waals surface area contributed by atoms with E-state index in [-0.39, 0.29) is 0 Å². The van der Waals surface area contributed by atoms with Gasteiger partial charge in [0.05, 0.1) is 5.41 Å². The highest BCUT2D eigenvalue weighted by Crippen LogP contribution is 2.60. The van der Waals surface area contributed by atoms with Gasteiger partial charge in [0.1, 0.15) is 11.2 Å². The molecular formula is C55H37NO. The predicted molar refractivity (Wildman–Crippen MR) is 237 cm³/mol. The van der Waals surface area contributed by atoms with Crippen LogP contribution in [0.3, 0.4) is 0 Å². The molecule has 11 rings (SSSR count). The van der Waals surface area contributed by atoms with Gasteiger partial charge in [-0.2, -0.15) is 0 Å². The highest BCUT2D eigenvalue weighted by atomic mass is 16.3. The molecule has 0 unspecified atom stereocenters. The number of hydrogen-bond acceptors (Lipinski definition) is 2. The second kappa shape index (κ2) is 13.4. The molecule has 0 N–H and O–H groups in total. The lowest BCUT2D eigenvalue weighted by molar-refractivity contribution is 0.666. The van der Waals surface area contributed by atoms with Crippen LogP contribution in [0.15, 0.2) is 229 Å². The van der Waals surface area contributed by atoms with Gasteiger partial charge in [-0.05, 0) is 92.5 Å². The maximum absolute atomic E-state index is 7.12. The Balaban J connectivity index is 1.18. The van der Waals surface area contributed by atoms with Gasteiger partial charge < -0.3 is 9.32 Å². The Bertz CT molecular complexity index is 2990. The Morgan fingerprint density at radius 2 is 0.860 bits per heavy atom. The summed E-state index contributed by atoms with van der Waals surface area (Å²) >= 11 is 0. The third kappa shape index (κ3) is 5.18. The van der Waals surface area contributed by atoms with Crippen molar-refractivity contribution in [1.29, 1.82) is 0 Å². The number of nitrogens with zero attached hydrogens (tertiary/aromatic N) is 1. The number of fused-ring (bicyclic) bond motifs is 6. The first-order chi connectivity index (χ1) is 28.3. The fourth-order valence-corrected chi connectivity index (χ4v) is 9.33. The zero-order valence-corrected chi connectivity index (χ0v) is 31.2. The standard InChI is InChI=1S/C55H37NO/c1-6-18-38(19-7-1)39-30-32-44(33-31-39)56(43-26-14-5-15-27-43)45-34-35-47-50(36-45)57-51-37-49-53(52(54(47)51)40-20-8-2-9-21-40)46-28-16-17-29-48(46)55(49,41-22-10-3-11-23-41)42-24-12-4-13-25-42/h1-37H. The first-order valence-electron chi connectivity index (χ1n) is 19.6. The normalized spacial score (nSPS) is 12.7. The van der Waals surface area contributed by atoms with Crippen LogP contribution in [0.2, 0.25) is 0 Å². The van der Waals surface area contributed by atoms with Crippen molar-refractivity contribution in [2.24, 2.45) is 0 Å². The molecule has 2 heteroatoms. The Labute approximate surface area is 332 Å². The lowest BCUT2D eigenvalue weighted by Crippen LogP contribution is -2.28. The van der Waals surface area contributed by atoms with Crippen molar-refractivity contribution >= 4 is 39.0 Å². The minimum absolute atomic E-state index is 0.549. The molecule has 0 bridgehead atoms. The van der Waals surface area contributed by atoms with Gasteiger partial charge in [0.25, 0.3) is 0 Å². The van der Waals surface area contributed by atoms with Crippen molar-refractivity contribution in [3.8, 4) is 33.4 Å². The highest BCUT2D eigenvalue weighted by molar-refractivity contribution is 6.18. The van der Waals surface area contributed by atoms with E-state index >= 15 is 0 Å². The van der Waals surface area contributed by atoms with E-state index in [9.17, 15) is 0 Å². The molecule has 268 valence electrons. The van der Waals surface area contributed by atoms with Gasteiger partial charge in [0.2, 0.25) is 0 Å². The highest BCUT2D eigenvalue weighted by Gasteiger charge is 2.47. The van der Waals surface area contributed by atoms with Gasteiger partial charge in [0.15, 0.2) is 0 Å². The van der Waals surface area contributed by atoms with Crippen LogP contribution < -0.4 is 4.90 Å². The maximum Gasteiger partial charge on any atom is 0.137 e. The molecule has 1 aromatic heterocycles. The zero-order chi connectivity index (χ0) is 37.8. The van der Waals surface area contributed by atoms with E-state index in [4.69, 9.17) is 4.42 Å². The third-order valence-electron chi connectivity index (χ3n) is 11.7. The lowest BCUT2D eigenvalue weighted by atomic mass is 9.67. The molecule has 0 fully saturated rings. The summed E-state index contributed by atoms with van der Waals surface area (Å²) in [6, 6.07) is 80.8. The summed E-state index contributed by atoms with van der Waals surface area (Å²) < 4.78 is 7.12. The number of hydrogen-bond donors (Lipinski definition) is 0. The maximum atomic E-state index is 7.12. The van der Waals surface area contributed by atoms with Crippen LogP contribution in [0.1, 0.15) is 22.3 Å². The number of anilines is 3. The summed E-state index contributed by atoms with van der Waals surface area (Å²) in [6.07, 6.45) is 0. The minimum atomic E-state index is -0.549. The average Bonchev–Trinajstić information content (AvgIpc) is 3.80. The molecule has 0 spiro atoms. The first-order valence-corrected chi connectivity index (χ1v) is 19.6. The van der Waals surface area contributed by atoms with E-state index in [1.54, 1.807) is 0 Å². The zero-order valence-electron chi connectivity index (χ0n) is 31.2. The van der Waals surface area contributed by atoms with Crippen molar-refractivity contribution in [2.75, 3.05) is 4.90 Å². The molecule has 1 aliphatic rings. The molecular weight excluding hydrogens is 691 g/mol. The van der Waals surface area contributed by atoms with Gasteiger partial charge in [0, 0.05) is 39.5 Å².